The van der Waals surface area contributed by atoms with Crippen LogP contribution in [0.15, 0.2) is 22.7 Å². The van der Waals surface area contributed by atoms with Crippen LogP contribution in [-0.4, -0.2) is 5.38 Å². The molecule has 1 saturated carbocycles. The van der Waals surface area contributed by atoms with E-state index in [2.05, 4.69) is 28.1 Å². The van der Waals surface area contributed by atoms with E-state index in [1.807, 2.05) is 6.07 Å². The molecule has 0 aromatic heterocycles. The van der Waals surface area contributed by atoms with Crippen molar-refractivity contribution in [3.63, 3.8) is 0 Å². The van der Waals surface area contributed by atoms with E-state index in [1.54, 1.807) is 0 Å². The summed E-state index contributed by atoms with van der Waals surface area (Å²) in [5, 5.41) is 1.24. The van der Waals surface area contributed by atoms with E-state index in [-0.39, 0.29) is 0 Å². The van der Waals surface area contributed by atoms with Gasteiger partial charge in [0.25, 0.3) is 0 Å². The fourth-order valence-corrected chi connectivity index (χ4v) is 3.57. The molecule has 0 amide bonds. The van der Waals surface area contributed by atoms with Gasteiger partial charge >= 0.3 is 0 Å². The van der Waals surface area contributed by atoms with Gasteiger partial charge in [0.15, 0.2) is 0 Å². The van der Waals surface area contributed by atoms with Crippen molar-refractivity contribution in [3.05, 3.63) is 33.3 Å². The number of hydrogen-bond donors (Lipinski definition) is 0. The lowest BCUT2D eigenvalue weighted by Gasteiger charge is -2.25. The highest BCUT2D eigenvalue weighted by molar-refractivity contribution is 9.10. The quantitative estimate of drug-likeness (QED) is 0.636. The number of rotatable bonds is 2. The van der Waals surface area contributed by atoms with Crippen molar-refractivity contribution in [2.75, 3.05) is 0 Å². The molecule has 3 heteroatoms. The van der Waals surface area contributed by atoms with Crippen LogP contribution in [0.3, 0.4) is 0 Å². The van der Waals surface area contributed by atoms with Gasteiger partial charge < -0.3 is 0 Å². The molecule has 2 unspecified atom stereocenters. The van der Waals surface area contributed by atoms with E-state index >= 15 is 0 Å². The monoisotopic (exact) mass is 320 g/mol. The Hall–Kier alpha value is 0.280. The van der Waals surface area contributed by atoms with Crippen LogP contribution < -0.4 is 0 Å². The highest BCUT2D eigenvalue weighted by atomic mass is 79.9. The Bertz CT molecular complexity index is 365. The van der Waals surface area contributed by atoms with Crippen molar-refractivity contribution < 1.29 is 0 Å². The molecule has 16 heavy (non-hydrogen) atoms. The SMILES string of the molecule is Clc1cc(Br)ccc1CC1CCCC(Cl)C1. The summed E-state index contributed by atoms with van der Waals surface area (Å²) in [6.45, 7) is 0. The summed E-state index contributed by atoms with van der Waals surface area (Å²) in [6.07, 6.45) is 5.91. The van der Waals surface area contributed by atoms with Crippen LogP contribution in [0, 0.1) is 5.92 Å². The third-order valence-electron chi connectivity index (χ3n) is 3.24. The van der Waals surface area contributed by atoms with E-state index in [0.29, 0.717) is 11.3 Å². The van der Waals surface area contributed by atoms with E-state index in [1.165, 1.54) is 24.8 Å². The van der Waals surface area contributed by atoms with Crippen LogP contribution in [0.4, 0.5) is 0 Å². The Balaban J connectivity index is 2.02. The highest BCUT2D eigenvalue weighted by Gasteiger charge is 2.21. The van der Waals surface area contributed by atoms with Crippen molar-refractivity contribution in [1.82, 2.24) is 0 Å². The summed E-state index contributed by atoms with van der Waals surface area (Å²) in [7, 11) is 0. The number of hydrogen-bond acceptors (Lipinski definition) is 0. The lowest BCUT2D eigenvalue weighted by Crippen LogP contribution is -2.17. The number of benzene rings is 1. The van der Waals surface area contributed by atoms with Crippen LogP contribution in [0.2, 0.25) is 5.02 Å². The van der Waals surface area contributed by atoms with Gasteiger partial charge in [-0.25, -0.2) is 0 Å². The van der Waals surface area contributed by atoms with E-state index in [4.69, 9.17) is 23.2 Å². The molecule has 88 valence electrons. The lowest BCUT2D eigenvalue weighted by atomic mass is 9.84. The smallest absolute Gasteiger partial charge is 0.0449 e. The standard InChI is InChI=1S/C13H15BrCl2/c14-11-5-4-10(13(16)8-11)6-9-2-1-3-12(15)7-9/h4-5,8-9,12H,1-3,6-7H2. The van der Waals surface area contributed by atoms with Crippen LogP contribution in [0.25, 0.3) is 0 Å². The first-order valence-corrected chi connectivity index (χ1v) is 7.34. The maximum absolute atomic E-state index is 6.22. The minimum Gasteiger partial charge on any atom is -0.123 e. The average molecular weight is 322 g/mol. The molecule has 1 aliphatic rings. The zero-order chi connectivity index (χ0) is 11.5. The van der Waals surface area contributed by atoms with E-state index in [0.717, 1.165) is 22.3 Å². The summed E-state index contributed by atoms with van der Waals surface area (Å²) >= 11 is 15.8. The maximum Gasteiger partial charge on any atom is 0.0449 e. The Morgan fingerprint density at radius 3 is 2.81 bits per heavy atom. The molecule has 2 atom stereocenters. The molecule has 0 radical (unpaired) electrons. The summed E-state index contributed by atoms with van der Waals surface area (Å²) in [4.78, 5) is 0. The molecule has 0 spiro atoms. The van der Waals surface area contributed by atoms with Crippen molar-refractivity contribution in [2.24, 2.45) is 5.92 Å². The second kappa shape index (κ2) is 5.75. The van der Waals surface area contributed by atoms with Crippen molar-refractivity contribution in [3.8, 4) is 0 Å². The summed E-state index contributed by atoms with van der Waals surface area (Å²) in [5.41, 5.74) is 1.25. The lowest BCUT2D eigenvalue weighted by molar-refractivity contribution is 0.361. The van der Waals surface area contributed by atoms with Crippen LogP contribution in [0.5, 0.6) is 0 Å². The van der Waals surface area contributed by atoms with Gasteiger partial charge in [-0.05, 0) is 42.9 Å². The van der Waals surface area contributed by atoms with Gasteiger partial charge in [-0.3, -0.25) is 0 Å². The first-order valence-electron chi connectivity index (χ1n) is 5.73. The Morgan fingerprint density at radius 2 is 2.12 bits per heavy atom. The normalized spacial score (nSPS) is 25.7. The molecule has 1 aromatic rings. The first-order chi connectivity index (χ1) is 7.65. The van der Waals surface area contributed by atoms with Gasteiger partial charge in [-0.2, -0.15) is 0 Å². The molecule has 0 nitrogen and oxygen atoms in total. The van der Waals surface area contributed by atoms with Gasteiger partial charge in [0.2, 0.25) is 0 Å². The highest BCUT2D eigenvalue weighted by Crippen LogP contribution is 2.32. The Kier molecular flexibility index (Phi) is 4.57. The molecular weight excluding hydrogens is 307 g/mol. The third-order valence-corrected chi connectivity index (χ3v) is 4.48. The van der Waals surface area contributed by atoms with Crippen LogP contribution >= 0.6 is 39.1 Å². The summed E-state index contributed by atoms with van der Waals surface area (Å²) in [5.74, 6) is 0.704. The largest absolute Gasteiger partial charge is 0.123 e. The van der Waals surface area contributed by atoms with E-state index < -0.39 is 0 Å². The van der Waals surface area contributed by atoms with Crippen molar-refractivity contribution in [1.29, 1.82) is 0 Å². The van der Waals surface area contributed by atoms with Crippen LogP contribution in [0.1, 0.15) is 31.2 Å². The molecule has 0 saturated heterocycles. The first kappa shape index (κ1) is 12.7. The zero-order valence-electron chi connectivity index (χ0n) is 9.06. The van der Waals surface area contributed by atoms with Crippen LogP contribution in [-0.2, 0) is 6.42 Å². The average Bonchev–Trinajstić information content (AvgIpc) is 2.22. The fraction of sp³-hybridized carbons (Fsp3) is 0.538. The molecular formula is C13H15BrCl2. The topological polar surface area (TPSA) is 0 Å². The molecule has 0 heterocycles. The van der Waals surface area contributed by atoms with Gasteiger partial charge in [0.05, 0.1) is 0 Å². The minimum absolute atomic E-state index is 0.368. The molecule has 1 aliphatic carbocycles. The molecule has 0 aliphatic heterocycles. The fourth-order valence-electron chi connectivity index (χ4n) is 2.41. The third kappa shape index (κ3) is 3.38. The minimum atomic E-state index is 0.368. The molecule has 2 rings (SSSR count). The van der Waals surface area contributed by atoms with Gasteiger partial charge in [-0.1, -0.05) is 46.4 Å². The maximum atomic E-state index is 6.22. The van der Waals surface area contributed by atoms with Gasteiger partial charge in [-0.15, -0.1) is 11.6 Å². The molecule has 1 fully saturated rings. The predicted octanol–water partition coefficient (Wildman–Crippen LogP) is 5.44. The Labute approximate surface area is 115 Å². The van der Waals surface area contributed by atoms with E-state index in [9.17, 15) is 0 Å². The van der Waals surface area contributed by atoms with Crippen molar-refractivity contribution in [2.45, 2.75) is 37.5 Å². The molecule has 0 bridgehead atoms. The molecule has 1 aromatic carbocycles. The number of halogens is 3. The second-order valence-electron chi connectivity index (χ2n) is 4.57. The second-order valence-corrected chi connectivity index (χ2v) is 6.51. The predicted molar refractivity (Wildman–Crippen MR) is 74.5 cm³/mol. The number of alkyl halides is 1. The Morgan fingerprint density at radius 1 is 1.31 bits per heavy atom. The van der Waals surface area contributed by atoms with Gasteiger partial charge in [0.1, 0.15) is 0 Å². The van der Waals surface area contributed by atoms with Crippen molar-refractivity contribution >= 4 is 39.1 Å². The molecule has 0 N–H and O–H groups in total. The summed E-state index contributed by atoms with van der Waals surface area (Å²) < 4.78 is 1.04. The zero-order valence-corrected chi connectivity index (χ0v) is 12.2. The van der Waals surface area contributed by atoms with Gasteiger partial charge in [0, 0.05) is 14.9 Å². The summed E-state index contributed by atoms with van der Waals surface area (Å²) in [6, 6.07) is 6.14.